The van der Waals surface area contributed by atoms with E-state index in [2.05, 4.69) is 12.2 Å². The molecule has 2 aromatic rings. The Morgan fingerprint density at radius 1 is 0.957 bits per heavy atom. The van der Waals surface area contributed by atoms with E-state index >= 15 is 0 Å². The van der Waals surface area contributed by atoms with Crippen LogP contribution in [0.25, 0.3) is 0 Å². The number of hydrogen-bond acceptors (Lipinski definition) is 3. The van der Waals surface area contributed by atoms with E-state index in [1.165, 1.54) is 0 Å². The maximum atomic E-state index is 6.38. The molecule has 0 spiro atoms. The number of nitrogens with one attached hydrogen (secondary N) is 1. The molecule has 0 aromatic heterocycles. The Morgan fingerprint density at radius 2 is 1.65 bits per heavy atom. The Labute approximate surface area is 147 Å². The summed E-state index contributed by atoms with van der Waals surface area (Å²) in [5, 5.41) is 4.69. The van der Waals surface area contributed by atoms with E-state index in [0.717, 1.165) is 23.4 Å². The number of halogens is 2. The highest BCUT2D eigenvalue weighted by atomic mass is 35.5. The summed E-state index contributed by atoms with van der Waals surface area (Å²) in [5.74, 6) is 1.41. The number of ether oxygens (including phenoxy) is 2. The Bertz CT molecular complexity index is 630. The van der Waals surface area contributed by atoms with Gasteiger partial charge in [-0.05, 0) is 49.2 Å². The van der Waals surface area contributed by atoms with Crippen LogP contribution < -0.4 is 14.8 Å². The maximum absolute atomic E-state index is 6.38. The van der Waals surface area contributed by atoms with Gasteiger partial charge in [0, 0.05) is 28.3 Å². The minimum absolute atomic E-state index is 0.578. The van der Waals surface area contributed by atoms with Crippen LogP contribution >= 0.6 is 23.2 Å². The van der Waals surface area contributed by atoms with Crippen molar-refractivity contribution in [2.75, 3.05) is 18.5 Å². The summed E-state index contributed by atoms with van der Waals surface area (Å²) in [7, 11) is 0. The molecule has 0 saturated heterocycles. The van der Waals surface area contributed by atoms with E-state index in [1.54, 1.807) is 0 Å². The first-order valence-electron chi connectivity index (χ1n) is 7.71. The van der Waals surface area contributed by atoms with E-state index in [-0.39, 0.29) is 0 Å². The average molecular weight is 354 g/mol. The third-order valence-electron chi connectivity index (χ3n) is 3.20. The van der Waals surface area contributed by atoms with Gasteiger partial charge in [0.15, 0.2) is 11.5 Å². The second kappa shape index (κ2) is 8.90. The average Bonchev–Trinajstić information content (AvgIpc) is 2.55. The molecule has 0 radical (unpaired) electrons. The van der Waals surface area contributed by atoms with Crippen LogP contribution in [0.1, 0.15) is 25.8 Å². The fraction of sp³-hybridized carbons (Fsp3) is 0.333. The molecule has 1 N–H and O–H groups in total. The second-order valence-electron chi connectivity index (χ2n) is 5.03. The van der Waals surface area contributed by atoms with Crippen LogP contribution in [0.3, 0.4) is 0 Å². The molecule has 5 heteroatoms. The van der Waals surface area contributed by atoms with Gasteiger partial charge in [0.2, 0.25) is 0 Å². The minimum atomic E-state index is 0.578. The fourth-order valence-corrected chi connectivity index (χ4v) is 2.42. The highest BCUT2D eigenvalue weighted by Crippen LogP contribution is 2.34. The molecular formula is C18H21Cl2NO2. The quantitative estimate of drug-likeness (QED) is 0.651. The lowest BCUT2D eigenvalue weighted by molar-refractivity contribution is 0.276. The summed E-state index contributed by atoms with van der Waals surface area (Å²) in [6, 6.07) is 11.3. The second-order valence-corrected chi connectivity index (χ2v) is 5.88. The van der Waals surface area contributed by atoms with Gasteiger partial charge < -0.3 is 14.8 Å². The van der Waals surface area contributed by atoms with Crippen molar-refractivity contribution in [3.63, 3.8) is 0 Å². The Morgan fingerprint density at radius 3 is 2.30 bits per heavy atom. The summed E-state index contributed by atoms with van der Waals surface area (Å²) in [6.07, 6.45) is 0.934. The van der Waals surface area contributed by atoms with Gasteiger partial charge >= 0.3 is 0 Å². The maximum Gasteiger partial charge on any atom is 0.162 e. The number of rotatable bonds is 8. The normalized spacial score (nSPS) is 10.4. The lowest BCUT2D eigenvalue weighted by Gasteiger charge is -2.15. The van der Waals surface area contributed by atoms with Crippen molar-refractivity contribution in [3.05, 3.63) is 52.0 Å². The number of hydrogen-bond donors (Lipinski definition) is 1. The first kappa shape index (κ1) is 17.8. The molecule has 0 aliphatic carbocycles. The highest BCUT2D eigenvalue weighted by molar-refractivity contribution is 6.31. The van der Waals surface area contributed by atoms with Gasteiger partial charge in [-0.25, -0.2) is 0 Å². The van der Waals surface area contributed by atoms with Crippen molar-refractivity contribution in [2.45, 2.75) is 26.8 Å². The molecule has 0 atom stereocenters. The van der Waals surface area contributed by atoms with Crippen LogP contribution in [0.15, 0.2) is 36.4 Å². The first-order chi connectivity index (χ1) is 11.1. The summed E-state index contributed by atoms with van der Waals surface area (Å²) in [4.78, 5) is 0. The van der Waals surface area contributed by atoms with Crippen molar-refractivity contribution >= 4 is 28.9 Å². The van der Waals surface area contributed by atoms with Gasteiger partial charge in [-0.15, -0.1) is 0 Å². The Balaban J connectivity index is 2.14. The number of anilines is 1. The first-order valence-corrected chi connectivity index (χ1v) is 8.47. The summed E-state index contributed by atoms with van der Waals surface area (Å²) in [6.45, 7) is 5.82. The molecular weight excluding hydrogens is 333 g/mol. The van der Waals surface area contributed by atoms with Crippen LogP contribution in [-0.4, -0.2) is 13.2 Å². The molecule has 23 heavy (non-hydrogen) atoms. The molecule has 0 heterocycles. The third kappa shape index (κ3) is 5.22. The molecule has 0 aliphatic rings. The predicted molar refractivity (Wildman–Crippen MR) is 97.2 cm³/mol. The molecule has 0 aliphatic heterocycles. The smallest absolute Gasteiger partial charge is 0.162 e. The van der Waals surface area contributed by atoms with E-state index in [0.29, 0.717) is 35.6 Å². The molecule has 0 bridgehead atoms. The van der Waals surface area contributed by atoms with Crippen LogP contribution in [0, 0.1) is 0 Å². The zero-order valence-corrected chi connectivity index (χ0v) is 14.9. The largest absolute Gasteiger partial charge is 0.490 e. The van der Waals surface area contributed by atoms with Crippen molar-refractivity contribution in [3.8, 4) is 11.5 Å². The Hall–Kier alpha value is -1.58. The van der Waals surface area contributed by atoms with Gasteiger partial charge in [0.05, 0.1) is 13.2 Å². The summed E-state index contributed by atoms with van der Waals surface area (Å²) in [5.41, 5.74) is 1.93. The van der Waals surface area contributed by atoms with Crippen LogP contribution in [0.5, 0.6) is 11.5 Å². The zero-order chi connectivity index (χ0) is 16.7. The van der Waals surface area contributed by atoms with Crippen LogP contribution in [-0.2, 0) is 6.54 Å². The van der Waals surface area contributed by atoms with Crippen LogP contribution in [0.2, 0.25) is 10.0 Å². The van der Waals surface area contributed by atoms with E-state index in [1.807, 2.05) is 43.3 Å². The topological polar surface area (TPSA) is 30.5 Å². The molecule has 124 valence electrons. The van der Waals surface area contributed by atoms with Crippen LogP contribution in [0.4, 0.5) is 5.69 Å². The molecule has 0 saturated carbocycles. The van der Waals surface area contributed by atoms with Gasteiger partial charge in [0.25, 0.3) is 0 Å². The van der Waals surface area contributed by atoms with Crippen molar-refractivity contribution in [2.24, 2.45) is 0 Å². The van der Waals surface area contributed by atoms with Gasteiger partial charge in [-0.3, -0.25) is 0 Å². The van der Waals surface area contributed by atoms with Crippen molar-refractivity contribution in [1.82, 2.24) is 0 Å². The monoisotopic (exact) mass is 353 g/mol. The van der Waals surface area contributed by atoms with E-state index in [4.69, 9.17) is 32.7 Å². The highest BCUT2D eigenvalue weighted by Gasteiger charge is 2.11. The molecule has 2 aromatic carbocycles. The fourth-order valence-electron chi connectivity index (χ4n) is 2.07. The summed E-state index contributed by atoms with van der Waals surface area (Å²) >= 11 is 12.3. The Kier molecular flexibility index (Phi) is 6.87. The lowest BCUT2D eigenvalue weighted by atomic mass is 10.2. The lowest BCUT2D eigenvalue weighted by Crippen LogP contribution is -2.04. The molecule has 0 fully saturated rings. The van der Waals surface area contributed by atoms with Gasteiger partial charge in [-0.2, -0.15) is 0 Å². The van der Waals surface area contributed by atoms with Crippen molar-refractivity contribution < 1.29 is 9.47 Å². The molecule has 2 rings (SSSR count). The van der Waals surface area contributed by atoms with E-state index in [9.17, 15) is 0 Å². The third-order valence-corrected chi connectivity index (χ3v) is 3.81. The van der Waals surface area contributed by atoms with Crippen molar-refractivity contribution in [1.29, 1.82) is 0 Å². The van der Waals surface area contributed by atoms with E-state index < -0.39 is 0 Å². The molecule has 3 nitrogen and oxygen atoms in total. The van der Waals surface area contributed by atoms with Gasteiger partial charge in [-0.1, -0.05) is 30.1 Å². The molecule has 0 unspecified atom stereocenters. The summed E-state index contributed by atoms with van der Waals surface area (Å²) < 4.78 is 11.4. The number of benzene rings is 2. The molecule has 0 amide bonds. The minimum Gasteiger partial charge on any atom is -0.490 e. The zero-order valence-electron chi connectivity index (χ0n) is 13.4. The standard InChI is InChI=1S/C18H21Cl2NO2/c1-3-9-23-18-11-16(20)13(10-17(18)22-4-2)12-21-15-7-5-14(19)6-8-15/h5-8,10-11,21H,3-4,9,12H2,1-2H3. The SMILES string of the molecule is CCCOc1cc(Cl)c(CNc2ccc(Cl)cc2)cc1OCC. The predicted octanol–water partition coefficient (Wildman–Crippen LogP) is 5.79. The van der Waals surface area contributed by atoms with Gasteiger partial charge in [0.1, 0.15) is 0 Å².